The highest BCUT2D eigenvalue weighted by Gasteiger charge is 2.28. The van der Waals surface area contributed by atoms with Gasteiger partial charge >= 0.3 is 0 Å². The van der Waals surface area contributed by atoms with E-state index in [2.05, 4.69) is 18.8 Å². The van der Waals surface area contributed by atoms with E-state index in [1.807, 2.05) is 4.57 Å². The number of nitrogens with two attached hydrogens (primary N) is 1. The Kier molecular flexibility index (Phi) is 3.15. The van der Waals surface area contributed by atoms with Crippen molar-refractivity contribution in [1.29, 1.82) is 0 Å². The molecule has 108 valence electrons. The van der Waals surface area contributed by atoms with Crippen molar-refractivity contribution >= 4 is 17.0 Å². The smallest absolute Gasteiger partial charge is 0.201 e. The van der Waals surface area contributed by atoms with Crippen molar-refractivity contribution < 1.29 is 8.78 Å². The fourth-order valence-electron chi connectivity index (χ4n) is 3.64. The van der Waals surface area contributed by atoms with E-state index in [-0.39, 0.29) is 17.5 Å². The van der Waals surface area contributed by atoms with Crippen LogP contribution in [0.15, 0.2) is 12.1 Å². The fraction of sp³-hybridized carbons (Fsp3) is 0.533. The summed E-state index contributed by atoms with van der Waals surface area (Å²) in [5, 5.41) is 0. The van der Waals surface area contributed by atoms with Gasteiger partial charge in [-0.25, -0.2) is 13.8 Å². The second kappa shape index (κ2) is 4.72. The van der Waals surface area contributed by atoms with Crippen LogP contribution in [-0.4, -0.2) is 9.55 Å². The number of fused-ring (bicyclic) bond motifs is 1. The maximum atomic E-state index is 13.8. The van der Waals surface area contributed by atoms with Crippen LogP contribution in [0, 0.1) is 23.5 Å². The molecule has 2 aromatic rings. The first-order valence-corrected chi connectivity index (χ1v) is 7.08. The molecule has 3 nitrogen and oxygen atoms in total. The largest absolute Gasteiger partial charge is 0.369 e. The first-order valence-electron chi connectivity index (χ1n) is 7.08. The summed E-state index contributed by atoms with van der Waals surface area (Å²) in [7, 11) is 0. The van der Waals surface area contributed by atoms with Crippen molar-refractivity contribution in [2.45, 2.75) is 39.2 Å². The lowest BCUT2D eigenvalue weighted by atomic mass is 9.80. The Bertz CT molecular complexity index is 640. The van der Waals surface area contributed by atoms with Gasteiger partial charge in [-0.2, -0.15) is 0 Å². The third-order valence-corrected chi connectivity index (χ3v) is 4.26. The van der Waals surface area contributed by atoms with Gasteiger partial charge in [-0.1, -0.05) is 13.8 Å². The summed E-state index contributed by atoms with van der Waals surface area (Å²) in [6.45, 7) is 4.41. The molecule has 20 heavy (non-hydrogen) atoms. The third-order valence-electron chi connectivity index (χ3n) is 4.26. The van der Waals surface area contributed by atoms with E-state index >= 15 is 0 Å². The molecule has 2 N–H and O–H groups in total. The minimum atomic E-state index is -0.651. The van der Waals surface area contributed by atoms with Gasteiger partial charge < -0.3 is 10.3 Å². The van der Waals surface area contributed by atoms with Gasteiger partial charge in [0.25, 0.3) is 0 Å². The predicted molar refractivity (Wildman–Crippen MR) is 75.3 cm³/mol. The number of anilines is 1. The summed E-state index contributed by atoms with van der Waals surface area (Å²) >= 11 is 0. The van der Waals surface area contributed by atoms with Crippen LogP contribution in [0.4, 0.5) is 14.7 Å². The summed E-state index contributed by atoms with van der Waals surface area (Å²) in [5.41, 5.74) is 6.58. The van der Waals surface area contributed by atoms with Crippen LogP contribution in [0.1, 0.15) is 39.2 Å². The van der Waals surface area contributed by atoms with Crippen molar-refractivity contribution in [2.24, 2.45) is 11.8 Å². The highest BCUT2D eigenvalue weighted by molar-refractivity contribution is 5.79. The zero-order chi connectivity index (χ0) is 14.4. The average molecular weight is 279 g/mol. The van der Waals surface area contributed by atoms with Crippen molar-refractivity contribution in [1.82, 2.24) is 9.55 Å². The number of benzene rings is 1. The molecular weight excluding hydrogens is 260 g/mol. The number of hydrogen-bond acceptors (Lipinski definition) is 2. The van der Waals surface area contributed by atoms with Crippen LogP contribution in [0.5, 0.6) is 0 Å². The maximum Gasteiger partial charge on any atom is 0.201 e. The standard InChI is InChI=1S/C15H19F2N3/c1-8-3-9(2)5-11(4-8)20-13-7-10(16)6-12(17)14(13)19-15(20)18/h6-9,11H,3-5H2,1-2H3,(H2,18,19). The van der Waals surface area contributed by atoms with E-state index in [1.54, 1.807) is 0 Å². The zero-order valence-corrected chi connectivity index (χ0v) is 11.7. The molecule has 2 unspecified atom stereocenters. The van der Waals surface area contributed by atoms with E-state index < -0.39 is 11.6 Å². The molecule has 0 bridgehead atoms. The van der Waals surface area contributed by atoms with Crippen LogP contribution in [-0.2, 0) is 0 Å². The van der Waals surface area contributed by atoms with Gasteiger partial charge in [0, 0.05) is 18.2 Å². The summed E-state index contributed by atoms with van der Waals surface area (Å²) < 4.78 is 29.1. The first-order chi connectivity index (χ1) is 9.45. The predicted octanol–water partition coefficient (Wildman–Crippen LogP) is 3.89. The molecule has 1 aromatic heterocycles. The molecular formula is C15H19F2N3. The van der Waals surface area contributed by atoms with Crippen molar-refractivity contribution in [3.05, 3.63) is 23.8 Å². The van der Waals surface area contributed by atoms with Crippen LogP contribution >= 0.6 is 0 Å². The Morgan fingerprint density at radius 1 is 1.15 bits per heavy atom. The van der Waals surface area contributed by atoms with Gasteiger partial charge in [0.2, 0.25) is 5.95 Å². The number of hydrogen-bond donors (Lipinski definition) is 1. The van der Waals surface area contributed by atoms with Crippen LogP contribution in [0.2, 0.25) is 0 Å². The SMILES string of the molecule is CC1CC(C)CC(n2c(N)nc3c(F)cc(F)cc32)C1. The Morgan fingerprint density at radius 2 is 1.80 bits per heavy atom. The topological polar surface area (TPSA) is 43.8 Å². The molecule has 1 fully saturated rings. The molecule has 3 rings (SSSR count). The van der Waals surface area contributed by atoms with Gasteiger partial charge in [-0.3, -0.25) is 0 Å². The number of halogens is 2. The van der Waals surface area contributed by atoms with E-state index in [0.717, 1.165) is 18.9 Å². The molecule has 5 heteroatoms. The van der Waals surface area contributed by atoms with Gasteiger partial charge in [-0.15, -0.1) is 0 Å². The second-order valence-corrected chi connectivity index (χ2v) is 6.17. The van der Waals surface area contributed by atoms with Gasteiger partial charge in [0.15, 0.2) is 5.82 Å². The molecule has 1 aliphatic rings. The van der Waals surface area contributed by atoms with Gasteiger partial charge in [0.05, 0.1) is 5.52 Å². The zero-order valence-electron chi connectivity index (χ0n) is 11.7. The molecule has 0 saturated heterocycles. The lowest BCUT2D eigenvalue weighted by molar-refractivity contribution is 0.226. The molecule has 0 aliphatic heterocycles. The average Bonchev–Trinajstić information content (AvgIpc) is 2.64. The number of nitrogens with zero attached hydrogens (tertiary/aromatic N) is 2. The second-order valence-electron chi connectivity index (χ2n) is 6.17. The molecule has 1 aliphatic carbocycles. The highest BCUT2D eigenvalue weighted by Crippen LogP contribution is 2.39. The Morgan fingerprint density at radius 3 is 2.45 bits per heavy atom. The molecule has 1 aromatic carbocycles. The van der Waals surface area contributed by atoms with Gasteiger partial charge in [0.1, 0.15) is 11.3 Å². The summed E-state index contributed by atoms with van der Waals surface area (Å²) in [6, 6.07) is 2.34. The van der Waals surface area contributed by atoms with Crippen LogP contribution < -0.4 is 5.73 Å². The third kappa shape index (κ3) is 2.15. The Hall–Kier alpha value is -1.65. The normalized spacial score (nSPS) is 27.1. The quantitative estimate of drug-likeness (QED) is 0.860. The Labute approximate surface area is 116 Å². The minimum Gasteiger partial charge on any atom is -0.369 e. The highest BCUT2D eigenvalue weighted by atomic mass is 19.1. The number of nitrogen functional groups attached to an aromatic ring is 1. The summed E-state index contributed by atoms with van der Waals surface area (Å²) in [6.07, 6.45) is 3.13. The number of rotatable bonds is 1. The summed E-state index contributed by atoms with van der Waals surface area (Å²) in [4.78, 5) is 4.08. The Balaban J connectivity index is 2.13. The van der Waals surface area contributed by atoms with Gasteiger partial charge in [-0.05, 0) is 31.1 Å². The van der Waals surface area contributed by atoms with E-state index in [4.69, 9.17) is 5.73 Å². The first kappa shape index (κ1) is 13.3. The summed E-state index contributed by atoms with van der Waals surface area (Å²) in [5.74, 6) is 0.198. The lowest BCUT2D eigenvalue weighted by Crippen LogP contribution is -2.23. The molecule has 1 saturated carbocycles. The van der Waals surface area contributed by atoms with E-state index in [0.29, 0.717) is 17.4 Å². The minimum absolute atomic E-state index is 0.162. The van der Waals surface area contributed by atoms with E-state index in [9.17, 15) is 8.78 Å². The number of aromatic nitrogens is 2. The fourth-order valence-corrected chi connectivity index (χ4v) is 3.64. The van der Waals surface area contributed by atoms with Crippen LogP contribution in [0.3, 0.4) is 0 Å². The molecule has 0 radical (unpaired) electrons. The van der Waals surface area contributed by atoms with Crippen molar-refractivity contribution in [3.63, 3.8) is 0 Å². The van der Waals surface area contributed by atoms with Crippen molar-refractivity contribution in [3.8, 4) is 0 Å². The molecule has 0 amide bonds. The molecule has 1 heterocycles. The molecule has 0 spiro atoms. The number of imidazole rings is 1. The maximum absolute atomic E-state index is 13.8. The monoisotopic (exact) mass is 279 g/mol. The van der Waals surface area contributed by atoms with Crippen molar-refractivity contribution in [2.75, 3.05) is 5.73 Å². The lowest BCUT2D eigenvalue weighted by Gasteiger charge is -2.33. The molecule has 2 atom stereocenters. The van der Waals surface area contributed by atoms with Crippen LogP contribution in [0.25, 0.3) is 11.0 Å². The van der Waals surface area contributed by atoms with E-state index in [1.165, 1.54) is 12.5 Å².